The van der Waals surface area contributed by atoms with Crippen LogP contribution < -0.4 is 4.90 Å². The van der Waals surface area contributed by atoms with Crippen molar-refractivity contribution in [3.05, 3.63) is 36.0 Å². The summed E-state index contributed by atoms with van der Waals surface area (Å²) in [4.78, 5) is 29.6. The number of carboxylic acid groups (broad SMARTS) is 1. The zero-order chi connectivity index (χ0) is 20.5. The number of carboxylic acids is 1. The van der Waals surface area contributed by atoms with Gasteiger partial charge in [0.25, 0.3) is 0 Å². The van der Waals surface area contributed by atoms with Crippen molar-refractivity contribution in [2.75, 3.05) is 4.90 Å². The lowest BCUT2D eigenvalue weighted by molar-refractivity contribution is -0.144. The first-order valence-electron chi connectivity index (χ1n) is 8.37. The lowest BCUT2D eigenvalue weighted by Gasteiger charge is -2.35. The zero-order valence-electron chi connectivity index (χ0n) is 14.5. The summed E-state index contributed by atoms with van der Waals surface area (Å²) in [7, 11) is 0. The summed E-state index contributed by atoms with van der Waals surface area (Å²) < 4.78 is 38.2. The molecular formula is C19H15F3N2O3S. The normalized spacial score (nSPS) is 15.8. The van der Waals surface area contributed by atoms with Gasteiger partial charge in [0.05, 0.1) is 11.8 Å². The number of aliphatic carboxylic acids is 1. The molecule has 1 saturated carbocycles. The Balaban J connectivity index is 1.99. The molecule has 5 nitrogen and oxygen atoms in total. The van der Waals surface area contributed by atoms with Gasteiger partial charge in [0.2, 0.25) is 0 Å². The van der Waals surface area contributed by atoms with E-state index in [1.807, 2.05) is 5.92 Å². The molecule has 3 rings (SSSR count). The van der Waals surface area contributed by atoms with E-state index in [0.29, 0.717) is 23.4 Å². The van der Waals surface area contributed by atoms with E-state index in [2.05, 4.69) is 4.98 Å². The van der Waals surface area contributed by atoms with Crippen LogP contribution in [0.25, 0.3) is 10.6 Å². The van der Waals surface area contributed by atoms with Gasteiger partial charge in [-0.3, -0.25) is 9.69 Å². The van der Waals surface area contributed by atoms with E-state index in [9.17, 15) is 27.9 Å². The fraction of sp³-hybridized carbons (Fsp3) is 0.316. The Morgan fingerprint density at radius 2 is 1.82 bits per heavy atom. The summed E-state index contributed by atoms with van der Waals surface area (Å²) in [5.74, 6) is 0.0448. The minimum absolute atomic E-state index is 0.252. The van der Waals surface area contributed by atoms with Gasteiger partial charge in [-0.25, -0.2) is 9.78 Å². The topological polar surface area (TPSA) is 70.5 Å². The molecule has 1 amide bonds. The van der Waals surface area contributed by atoms with Gasteiger partial charge in [-0.15, -0.1) is 6.42 Å². The number of anilines is 1. The number of rotatable bonds is 4. The second-order valence-corrected chi connectivity index (χ2v) is 7.42. The number of hydrogen-bond donors (Lipinski definition) is 1. The number of amides is 1. The smallest absolute Gasteiger partial charge is 0.416 e. The van der Waals surface area contributed by atoms with Crippen LogP contribution >= 0.6 is 11.3 Å². The molecule has 0 unspecified atom stereocenters. The summed E-state index contributed by atoms with van der Waals surface area (Å²) in [5.41, 5.74) is -1.80. The number of benzene rings is 1. The van der Waals surface area contributed by atoms with E-state index in [4.69, 9.17) is 6.42 Å². The number of hydrogen-bond acceptors (Lipinski definition) is 4. The molecule has 0 spiro atoms. The molecule has 0 atom stereocenters. The molecule has 146 valence electrons. The van der Waals surface area contributed by atoms with Crippen molar-refractivity contribution in [2.45, 2.75) is 37.4 Å². The minimum atomic E-state index is -4.45. The second kappa shape index (κ2) is 7.28. The number of carbonyl (C=O) groups is 2. The standard InChI is InChI=1S/C19H15F3N2O3S/c1-2-14(25)24(18(17(26)27)9-3-4-10-18)15-11-23-16(28-15)12-5-7-13(8-6-12)19(20,21)22/h1,5-8,11H,3-4,9-10H2,(H,26,27). The van der Waals surface area contributed by atoms with E-state index in [1.54, 1.807) is 0 Å². The zero-order valence-corrected chi connectivity index (χ0v) is 15.3. The summed E-state index contributed by atoms with van der Waals surface area (Å²) >= 11 is 1.01. The van der Waals surface area contributed by atoms with Crippen LogP contribution in [0.2, 0.25) is 0 Å². The third kappa shape index (κ3) is 3.47. The van der Waals surface area contributed by atoms with E-state index < -0.39 is 29.2 Å². The third-order valence-electron chi connectivity index (χ3n) is 4.76. The Bertz CT molecular complexity index is 939. The van der Waals surface area contributed by atoms with Crippen LogP contribution in [0.4, 0.5) is 18.2 Å². The van der Waals surface area contributed by atoms with Crippen LogP contribution in [-0.4, -0.2) is 27.5 Å². The SMILES string of the molecule is C#CC(=O)N(c1cnc(-c2ccc(C(F)(F)F)cc2)s1)C1(C(=O)O)CCCC1. The molecule has 1 N–H and O–H groups in total. The van der Waals surface area contributed by atoms with Gasteiger partial charge in [0, 0.05) is 5.56 Å². The molecule has 0 aliphatic heterocycles. The number of aromatic nitrogens is 1. The number of thiazole rings is 1. The highest BCUT2D eigenvalue weighted by Gasteiger charge is 2.50. The Morgan fingerprint density at radius 3 is 2.32 bits per heavy atom. The number of halogens is 3. The lowest BCUT2D eigenvalue weighted by Crippen LogP contribution is -2.55. The van der Waals surface area contributed by atoms with E-state index in [1.165, 1.54) is 18.3 Å². The maximum Gasteiger partial charge on any atom is 0.416 e. The molecule has 2 aromatic rings. The highest BCUT2D eigenvalue weighted by molar-refractivity contribution is 7.19. The number of terminal acetylenes is 1. The van der Waals surface area contributed by atoms with Crippen molar-refractivity contribution < 1.29 is 27.9 Å². The molecule has 0 radical (unpaired) electrons. The highest BCUT2D eigenvalue weighted by atomic mass is 32.1. The molecule has 1 aliphatic carbocycles. The van der Waals surface area contributed by atoms with Gasteiger partial charge in [-0.2, -0.15) is 13.2 Å². The summed E-state index contributed by atoms with van der Waals surface area (Å²) in [6.45, 7) is 0. The van der Waals surface area contributed by atoms with Crippen LogP contribution in [0.15, 0.2) is 30.5 Å². The van der Waals surface area contributed by atoms with Crippen molar-refractivity contribution in [2.24, 2.45) is 0 Å². The second-order valence-electron chi connectivity index (χ2n) is 6.41. The average molecular weight is 408 g/mol. The first kappa shape index (κ1) is 19.9. The maximum absolute atomic E-state index is 12.7. The maximum atomic E-state index is 12.7. The molecule has 28 heavy (non-hydrogen) atoms. The van der Waals surface area contributed by atoms with Crippen molar-refractivity contribution in [3.8, 4) is 22.9 Å². The Hall–Kier alpha value is -2.86. The third-order valence-corrected chi connectivity index (χ3v) is 5.79. The van der Waals surface area contributed by atoms with Gasteiger partial charge < -0.3 is 5.11 Å². The van der Waals surface area contributed by atoms with Crippen LogP contribution in [-0.2, 0) is 15.8 Å². The van der Waals surface area contributed by atoms with Crippen molar-refractivity contribution in [3.63, 3.8) is 0 Å². The molecule has 0 bridgehead atoms. The van der Waals surface area contributed by atoms with Crippen LogP contribution in [0, 0.1) is 12.3 Å². The quantitative estimate of drug-likeness (QED) is 0.770. The van der Waals surface area contributed by atoms with Crippen LogP contribution in [0.5, 0.6) is 0 Å². The minimum Gasteiger partial charge on any atom is -0.479 e. The fourth-order valence-corrected chi connectivity index (χ4v) is 4.38. The van der Waals surface area contributed by atoms with Gasteiger partial charge in [0.15, 0.2) is 0 Å². The summed E-state index contributed by atoms with van der Waals surface area (Å²) in [6.07, 6.45) is 3.96. The van der Waals surface area contributed by atoms with Crippen molar-refractivity contribution >= 4 is 28.2 Å². The first-order valence-corrected chi connectivity index (χ1v) is 9.18. The molecule has 1 aromatic carbocycles. The number of carbonyl (C=O) groups excluding carboxylic acids is 1. The Kier molecular flexibility index (Phi) is 5.17. The predicted octanol–water partition coefficient (Wildman–Crippen LogP) is 4.19. The molecule has 0 saturated heterocycles. The van der Waals surface area contributed by atoms with Crippen LogP contribution in [0.1, 0.15) is 31.2 Å². The van der Waals surface area contributed by atoms with Gasteiger partial charge in [-0.1, -0.05) is 36.3 Å². The van der Waals surface area contributed by atoms with E-state index >= 15 is 0 Å². The number of alkyl halides is 3. The fourth-order valence-electron chi connectivity index (χ4n) is 3.37. The summed E-state index contributed by atoms with van der Waals surface area (Å²) in [6, 6.07) is 4.44. The Morgan fingerprint density at radius 1 is 1.21 bits per heavy atom. The molecule has 1 aromatic heterocycles. The van der Waals surface area contributed by atoms with Gasteiger partial charge >= 0.3 is 18.1 Å². The lowest BCUT2D eigenvalue weighted by atomic mass is 9.95. The van der Waals surface area contributed by atoms with Gasteiger partial charge in [-0.05, 0) is 30.9 Å². The highest BCUT2D eigenvalue weighted by Crippen LogP contribution is 2.42. The predicted molar refractivity (Wildman–Crippen MR) is 97.7 cm³/mol. The monoisotopic (exact) mass is 408 g/mol. The van der Waals surface area contributed by atoms with Crippen molar-refractivity contribution in [1.29, 1.82) is 0 Å². The average Bonchev–Trinajstić information content (AvgIpc) is 3.32. The molecular weight excluding hydrogens is 393 g/mol. The van der Waals surface area contributed by atoms with Crippen LogP contribution in [0.3, 0.4) is 0 Å². The van der Waals surface area contributed by atoms with E-state index in [0.717, 1.165) is 28.4 Å². The largest absolute Gasteiger partial charge is 0.479 e. The molecule has 1 fully saturated rings. The Labute approximate surface area is 162 Å². The molecule has 9 heteroatoms. The van der Waals surface area contributed by atoms with Gasteiger partial charge in [0.1, 0.15) is 15.5 Å². The van der Waals surface area contributed by atoms with Crippen molar-refractivity contribution in [1.82, 2.24) is 4.98 Å². The van der Waals surface area contributed by atoms with E-state index in [-0.39, 0.29) is 17.8 Å². The molecule has 1 heterocycles. The molecule has 1 aliphatic rings. The first-order chi connectivity index (χ1) is 13.2. The summed E-state index contributed by atoms with van der Waals surface area (Å²) in [5, 5.41) is 10.4. The number of nitrogens with zero attached hydrogens (tertiary/aromatic N) is 2.